The van der Waals surface area contributed by atoms with Crippen LogP contribution in [0.15, 0.2) is 41.7 Å². The maximum atomic E-state index is 12.8. The van der Waals surface area contributed by atoms with Crippen LogP contribution in [0.4, 0.5) is 0 Å². The summed E-state index contributed by atoms with van der Waals surface area (Å²) in [4.78, 5) is 35.9. The fraction of sp³-hybridized carbons (Fsp3) is 0.565. The van der Waals surface area contributed by atoms with Gasteiger partial charge in [0.2, 0.25) is 5.91 Å². The van der Waals surface area contributed by atoms with Gasteiger partial charge in [-0.3, -0.25) is 19.1 Å². The van der Waals surface area contributed by atoms with Crippen molar-refractivity contribution in [2.75, 3.05) is 13.1 Å². The molecule has 1 aliphatic heterocycles. The summed E-state index contributed by atoms with van der Waals surface area (Å²) in [7, 11) is 0. The summed E-state index contributed by atoms with van der Waals surface area (Å²) in [6.45, 7) is 4.57. The number of carbonyl (C=O) groups excluding carboxylic acids is 1. The first kappa shape index (κ1) is 19.8. The van der Waals surface area contributed by atoms with Crippen molar-refractivity contribution in [2.24, 2.45) is 17.8 Å². The molecule has 1 aliphatic carbocycles. The molecule has 2 fully saturated rings. The zero-order valence-corrected chi connectivity index (χ0v) is 17.2. The van der Waals surface area contributed by atoms with Crippen molar-refractivity contribution in [3.8, 4) is 11.3 Å². The maximum Gasteiger partial charge on any atom is 0.253 e. The SMILES string of the molecule is CC1CCC(C(=O)N2CCC(Cn3cnc(-c4cccnc4)cc3=O)CC2)CC1. The predicted molar refractivity (Wildman–Crippen MR) is 112 cm³/mol. The van der Waals surface area contributed by atoms with Gasteiger partial charge in [-0.15, -0.1) is 0 Å². The van der Waals surface area contributed by atoms with E-state index in [-0.39, 0.29) is 11.5 Å². The van der Waals surface area contributed by atoms with Gasteiger partial charge in [-0.2, -0.15) is 0 Å². The highest BCUT2D eigenvalue weighted by atomic mass is 16.2. The van der Waals surface area contributed by atoms with Gasteiger partial charge in [0.1, 0.15) is 0 Å². The van der Waals surface area contributed by atoms with Gasteiger partial charge in [-0.25, -0.2) is 4.98 Å². The molecule has 3 heterocycles. The summed E-state index contributed by atoms with van der Waals surface area (Å²) in [5, 5.41) is 0. The molecule has 29 heavy (non-hydrogen) atoms. The average molecular weight is 395 g/mol. The minimum absolute atomic E-state index is 0.0336. The summed E-state index contributed by atoms with van der Waals surface area (Å²) < 4.78 is 1.70. The molecule has 154 valence electrons. The molecule has 0 spiro atoms. The Morgan fingerprint density at radius 1 is 1.14 bits per heavy atom. The number of pyridine rings is 1. The van der Waals surface area contributed by atoms with E-state index in [0.29, 0.717) is 24.1 Å². The summed E-state index contributed by atoms with van der Waals surface area (Å²) in [6.07, 6.45) is 11.4. The Morgan fingerprint density at radius 3 is 2.55 bits per heavy atom. The first-order valence-electron chi connectivity index (χ1n) is 10.9. The van der Waals surface area contributed by atoms with Crippen LogP contribution in [0.25, 0.3) is 11.3 Å². The zero-order valence-electron chi connectivity index (χ0n) is 17.2. The van der Waals surface area contributed by atoms with Crippen LogP contribution >= 0.6 is 0 Å². The molecule has 0 N–H and O–H groups in total. The lowest BCUT2D eigenvalue weighted by molar-refractivity contribution is -0.138. The van der Waals surface area contributed by atoms with Gasteiger partial charge in [0.15, 0.2) is 0 Å². The lowest BCUT2D eigenvalue weighted by atomic mass is 9.82. The van der Waals surface area contributed by atoms with Crippen LogP contribution in [0.5, 0.6) is 0 Å². The van der Waals surface area contributed by atoms with Crippen molar-refractivity contribution < 1.29 is 4.79 Å². The van der Waals surface area contributed by atoms with Crippen molar-refractivity contribution in [3.63, 3.8) is 0 Å². The van der Waals surface area contributed by atoms with Crippen molar-refractivity contribution in [1.29, 1.82) is 0 Å². The number of likely N-dealkylation sites (tertiary alicyclic amines) is 1. The van der Waals surface area contributed by atoms with Gasteiger partial charge in [0, 0.05) is 49.6 Å². The van der Waals surface area contributed by atoms with Crippen LogP contribution < -0.4 is 5.56 Å². The minimum atomic E-state index is -0.0336. The molecule has 1 amide bonds. The Hall–Kier alpha value is -2.50. The Bertz CT molecular complexity index is 879. The number of nitrogens with zero attached hydrogens (tertiary/aromatic N) is 4. The molecular formula is C23H30N4O2. The van der Waals surface area contributed by atoms with Crippen LogP contribution in [0.2, 0.25) is 0 Å². The molecule has 2 aliphatic rings. The third-order valence-electron chi connectivity index (χ3n) is 6.58. The lowest BCUT2D eigenvalue weighted by Crippen LogP contribution is -2.43. The Morgan fingerprint density at radius 2 is 1.90 bits per heavy atom. The second kappa shape index (κ2) is 8.89. The van der Waals surface area contributed by atoms with E-state index in [1.54, 1.807) is 29.4 Å². The van der Waals surface area contributed by atoms with Crippen molar-refractivity contribution >= 4 is 5.91 Å². The normalized spacial score (nSPS) is 23.1. The van der Waals surface area contributed by atoms with Crippen molar-refractivity contribution in [2.45, 2.75) is 52.0 Å². The summed E-state index contributed by atoms with van der Waals surface area (Å²) in [5.74, 6) is 1.76. The second-order valence-corrected chi connectivity index (χ2v) is 8.73. The van der Waals surface area contributed by atoms with E-state index in [1.807, 2.05) is 12.1 Å². The molecule has 0 aromatic carbocycles. The van der Waals surface area contributed by atoms with Gasteiger partial charge < -0.3 is 4.90 Å². The van der Waals surface area contributed by atoms with Crippen molar-refractivity contribution in [1.82, 2.24) is 19.4 Å². The highest BCUT2D eigenvalue weighted by molar-refractivity contribution is 5.79. The molecule has 1 saturated heterocycles. The molecule has 4 rings (SSSR count). The van der Waals surface area contributed by atoms with Gasteiger partial charge in [0.05, 0.1) is 12.0 Å². The largest absolute Gasteiger partial charge is 0.342 e. The predicted octanol–water partition coefficient (Wildman–Crippen LogP) is 3.37. The van der Waals surface area contributed by atoms with E-state index in [9.17, 15) is 9.59 Å². The van der Waals surface area contributed by atoms with E-state index < -0.39 is 0 Å². The number of carbonyl (C=O) groups is 1. The maximum absolute atomic E-state index is 12.8. The smallest absolute Gasteiger partial charge is 0.253 e. The van der Waals surface area contributed by atoms with Crippen LogP contribution in [0.1, 0.15) is 45.4 Å². The molecule has 1 saturated carbocycles. The standard InChI is InChI=1S/C23H30N4O2/c1-17-4-6-19(7-5-17)23(29)26-11-8-18(9-12-26)15-27-16-25-21(13-22(27)28)20-3-2-10-24-14-20/h2-3,10,13-14,16-19H,4-9,11-12,15H2,1H3. The van der Waals surface area contributed by atoms with Crippen LogP contribution in [0.3, 0.4) is 0 Å². The van der Waals surface area contributed by atoms with Gasteiger partial charge >= 0.3 is 0 Å². The Balaban J connectivity index is 1.32. The summed E-state index contributed by atoms with van der Waals surface area (Å²) in [5.41, 5.74) is 1.47. The molecule has 0 atom stereocenters. The zero-order chi connectivity index (χ0) is 20.2. The Kier molecular flexibility index (Phi) is 6.07. The van der Waals surface area contributed by atoms with Crippen LogP contribution in [-0.2, 0) is 11.3 Å². The summed E-state index contributed by atoms with van der Waals surface area (Å²) in [6, 6.07) is 5.32. The van der Waals surface area contributed by atoms with Gasteiger partial charge in [-0.05, 0) is 62.5 Å². The molecule has 0 bridgehead atoms. The fourth-order valence-corrected chi connectivity index (χ4v) is 4.61. The molecule has 6 nitrogen and oxygen atoms in total. The average Bonchev–Trinajstić information content (AvgIpc) is 2.76. The molecule has 2 aromatic rings. The van der Waals surface area contributed by atoms with Crippen LogP contribution in [0, 0.1) is 17.8 Å². The minimum Gasteiger partial charge on any atom is -0.342 e. The van der Waals surface area contributed by atoms with E-state index in [2.05, 4.69) is 21.8 Å². The van der Waals surface area contributed by atoms with Gasteiger partial charge in [0.25, 0.3) is 5.56 Å². The van der Waals surface area contributed by atoms with Gasteiger partial charge in [-0.1, -0.05) is 6.92 Å². The van der Waals surface area contributed by atoms with E-state index in [4.69, 9.17) is 0 Å². The molecule has 0 radical (unpaired) electrons. The number of amides is 1. The molecular weight excluding hydrogens is 364 g/mol. The molecule has 2 aromatic heterocycles. The number of rotatable bonds is 4. The number of piperidine rings is 1. The van der Waals surface area contributed by atoms with Crippen molar-refractivity contribution in [3.05, 3.63) is 47.3 Å². The highest BCUT2D eigenvalue weighted by Crippen LogP contribution is 2.31. The summed E-state index contributed by atoms with van der Waals surface area (Å²) >= 11 is 0. The molecule has 0 unspecified atom stereocenters. The quantitative estimate of drug-likeness (QED) is 0.797. The van der Waals surface area contributed by atoms with E-state index in [0.717, 1.165) is 50.3 Å². The van der Waals surface area contributed by atoms with E-state index >= 15 is 0 Å². The first-order chi connectivity index (χ1) is 14.1. The third kappa shape index (κ3) is 4.74. The fourth-order valence-electron chi connectivity index (χ4n) is 4.61. The number of hydrogen-bond acceptors (Lipinski definition) is 4. The first-order valence-corrected chi connectivity index (χ1v) is 10.9. The third-order valence-corrected chi connectivity index (χ3v) is 6.58. The topological polar surface area (TPSA) is 68.1 Å². The van der Waals surface area contributed by atoms with Crippen LogP contribution in [-0.4, -0.2) is 38.4 Å². The number of hydrogen-bond donors (Lipinski definition) is 0. The molecule has 6 heteroatoms. The van der Waals surface area contributed by atoms with E-state index in [1.165, 1.54) is 12.8 Å². The second-order valence-electron chi connectivity index (χ2n) is 8.73. The highest BCUT2D eigenvalue weighted by Gasteiger charge is 2.30. The monoisotopic (exact) mass is 394 g/mol. The Labute approximate surface area is 172 Å². The number of aromatic nitrogens is 3. The lowest BCUT2D eigenvalue weighted by Gasteiger charge is -2.36.